The van der Waals surface area contributed by atoms with Crippen molar-refractivity contribution in [1.29, 1.82) is 0 Å². The zero-order valence-corrected chi connectivity index (χ0v) is 10.9. The van der Waals surface area contributed by atoms with E-state index >= 15 is 0 Å². The monoisotopic (exact) mass is 239 g/mol. The minimum absolute atomic E-state index is 0.122. The molecule has 0 bridgehead atoms. The summed E-state index contributed by atoms with van der Waals surface area (Å²) in [4.78, 5) is 1.28. The fourth-order valence-electron chi connectivity index (χ4n) is 1.34. The normalized spacial score (nSPS) is 12.7. The Morgan fingerprint density at radius 3 is 2.94 bits per heavy atom. The van der Waals surface area contributed by atoms with Crippen molar-refractivity contribution in [3.05, 3.63) is 29.8 Å². The molecule has 1 atom stereocenters. The average Bonchev–Trinajstić information content (AvgIpc) is 2.27. The summed E-state index contributed by atoms with van der Waals surface area (Å²) >= 11 is 1.80. The number of rotatable bonds is 7. The van der Waals surface area contributed by atoms with E-state index < -0.39 is 0 Å². The molecule has 0 amide bonds. The number of benzene rings is 1. The summed E-state index contributed by atoms with van der Waals surface area (Å²) in [7, 11) is 0. The predicted octanol–water partition coefficient (Wildman–Crippen LogP) is 2.84. The second-order valence-electron chi connectivity index (χ2n) is 3.96. The van der Waals surface area contributed by atoms with Gasteiger partial charge in [-0.2, -0.15) is 0 Å². The van der Waals surface area contributed by atoms with Crippen LogP contribution in [0.25, 0.3) is 0 Å². The lowest BCUT2D eigenvalue weighted by molar-refractivity contribution is 0.126. The molecule has 16 heavy (non-hydrogen) atoms. The Morgan fingerprint density at radius 2 is 2.25 bits per heavy atom. The van der Waals surface area contributed by atoms with E-state index in [2.05, 4.69) is 38.1 Å². The maximum Gasteiger partial charge on any atom is 0.0625 e. The molecule has 0 fully saturated rings. The quantitative estimate of drug-likeness (QED) is 0.587. The van der Waals surface area contributed by atoms with E-state index in [1.807, 2.05) is 0 Å². The lowest BCUT2D eigenvalue weighted by atomic mass is 10.2. The van der Waals surface area contributed by atoms with E-state index in [0.717, 1.165) is 18.8 Å². The van der Waals surface area contributed by atoms with Gasteiger partial charge in [0.1, 0.15) is 0 Å². The summed E-state index contributed by atoms with van der Waals surface area (Å²) in [6, 6.07) is 8.62. The highest BCUT2D eigenvalue weighted by Gasteiger charge is 2.03. The van der Waals surface area contributed by atoms with Crippen molar-refractivity contribution < 1.29 is 4.74 Å². The van der Waals surface area contributed by atoms with E-state index in [9.17, 15) is 0 Å². The molecule has 0 heterocycles. The predicted molar refractivity (Wildman–Crippen MR) is 71.0 cm³/mol. The summed E-state index contributed by atoms with van der Waals surface area (Å²) in [5, 5.41) is 0. The van der Waals surface area contributed by atoms with Crippen LogP contribution < -0.4 is 5.73 Å². The second-order valence-corrected chi connectivity index (χ2v) is 5.06. The third kappa shape index (κ3) is 5.54. The highest BCUT2D eigenvalue weighted by atomic mass is 32.2. The largest absolute Gasteiger partial charge is 0.380 e. The van der Waals surface area contributed by atoms with Crippen LogP contribution in [0.5, 0.6) is 0 Å². The van der Waals surface area contributed by atoms with Crippen molar-refractivity contribution in [3.63, 3.8) is 0 Å². The minimum atomic E-state index is 0.122. The van der Waals surface area contributed by atoms with Crippen molar-refractivity contribution in [2.75, 3.05) is 19.0 Å². The van der Waals surface area contributed by atoms with Crippen LogP contribution in [0, 0.1) is 6.92 Å². The molecule has 0 radical (unpaired) electrons. The highest BCUT2D eigenvalue weighted by molar-refractivity contribution is 7.99. The molecule has 0 aliphatic heterocycles. The van der Waals surface area contributed by atoms with E-state index in [4.69, 9.17) is 10.5 Å². The molecule has 0 aromatic heterocycles. The Hall–Kier alpha value is -0.510. The van der Waals surface area contributed by atoms with Gasteiger partial charge in [0.2, 0.25) is 0 Å². The van der Waals surface area contributed by atoms with Crippen molar-refractivity contribution in [3.8, 4) is 0 Å². The van der Waals surface area contributed by atoms with Gasteiger partial charge < -0.3 is 10.5 Å². The zero-order valence-electron chi connectivity index (χ0n) is 10.1. The van der Waals surface area contributed by atoms with Gasteiger partial charge in [-0.05, 0) is 25.5 Å². The van der Waals surface area contributed by atoms with Crippen LogP contribution >= 0.6 is 11.8 Å². The van der Waals surface area contributed by atoms with Gasteiger partial charge in [-0.15, -0.1) is 11.8 Å². The Labute approximate surface area is 103 Å². The van der Waals surface area contributed by atoms with Crippen molar-refractivity contribution in [2.24, 2.45) is 5.73 Å². The van der Waals surface area contributed by atoms with Crippen LogP contribution in [0.3, 0.4) is 0 Å². The SMILES string of the molecule is CCCOCC(N)CSc1cccc(C)c1. The van der Waals surface area contributed by atoms with Crippen LogP contribution in [-0.2, 0) is 4.74 Å². The first kappa shape index (κ1) is 13.6. The molecule has 0 saturated heterocycles. The molecule has 0 saturated carbocycles. The van der Waals surface area contributed by atoms with Crippen LogP contribution in [0.15, 0.2) is 29.2 Å². The third-order valence-corrected chi connectivity index (χ3v) is 3.32. The third-order valence-electron chi connectivity index (χ3n) is 2.13. The van der Waals surface area contributed by atoms with E-state index in [0.29, 0.717) is 6.61 Å². The Morgan fingerprint density at radius 1 is 1.44 bits per heavy atom. The maximum atomic E-state index is 5.95. The smallest absolute Gasteiger partial charge is 0.0625 e. The second kappa shape index (κ2) is 7.71. The van der Waals surface area contributed by atoms with Gasteiger partial charge in [0.25, 0.3) is 0 Å². The number of hydrogen-bond donors (Lipinski definition) is 1. The molecule has 0 aliphatic carbocycles. The van der Waals surface area contributed by atoms with Gasteiger partial charge in [0.05, 0.1) is 6.61 Å². The van der Waals surface area contributed by atoms with Crippen LogP contribution in [0.4, 0.5) is 0 Å². The lowest BCUT2D eigenvalue weighted by Crippen LogP contribution is -2.28. The fourth-order valence-corrected chi connectivity index (χ4v) is 2.28. The van der Waals surface area contributed by atoms with Gasteiger partial charge >= 0.3 is 0 Å². The van der Waals surface area contributed by atoms with Crippen LogP contribution in [0.1, 0.15) is 18.9 Å². The molecule has 0 spiro atoms. The summed E-state index contributed by atoms with van der Waals surface area (Å²) < 4.78 is 5.42. The van der Waals surface area contributed by atoms with Gasteiger partial charge in [-0.1, -0.05) is 24.6 Å². The Kier molecular flexibility index (Phi) is 6.53. The Bertz CT molecular complexity index is 304. The first-order valence-electron chi connectivity index (χ1n) is 5.75. The van der Waals surface area contributed by atoms with Gasteiger partial charge in [-0.3, -0.25) is 0 Å². The van der Waals surface area contributed by atoms with E-state index in [1.165, 1.54) is 10.5 Å². The van der Waals surface area contributed by atoms with Gasteiger partial charge in [-0.25, -0.2) is 0 Å². The first-order chi connectivity index (χ1) is 7.72. The molecule has 90 valence electrons. The zero-order chi connectivity index (χ0) is 11.8. The number of aryl methyl sites for hydroxylation is 1. The summed E-state index contributed by atoms with van der Waals surface area (Å²) in [6.45, 7) is 5.68. The molecule has 2 N–H and O–H groups in total. The number of nitrogens with two attached hydrogens (primary N) is 1. The van der Waals surface area contributed by atoms with Crippen LogP contribution in [-0.4, -0.2) is 25.0 Å². The standard InChI is InChI=1S/C13H21NOS/c1-3-7-15-9-12(14)10-16-13-6-4-5-11(2)8-13/h4-6,8,12H,3,7,9-10,14H2,1-2H3. The van der Waals surface area contributed by atoms with Crippen molar-refractivity contribution in [1.82, 2.24) is 0 Å². The maximum absolute atomic E-state index is 5.95. The molecule has 1 unspecified atom stereocenters. The van der Waals surface area contributed by atoms with Gasteiger partial charge in [0, 0.05) is 23.3 Å². The molecular formula is C13H21NOS. The summed E-state index contributed by atoms with van der Waals surface area (Å²) in [6.07, 6.45) is 1.05. The van der Waals surface area contributed by atoms with Crippen molar-refractivity contribution >= 4 is 11.8 Å². The number of hydrogen-bond acceptors (Lipinski definition) is 3. The minimum Gasteiger partial charge on any atom is -0.380 e. The van der Waals surface area contributed by atoms with E-state index in [-0.39, 0.29) is 6.04 Å². The molecular weight excluding hydrogens is 218 g/mol. The van der Waals surface area contributed by atoms with E-state index in [1.54, 1.807) is 11.8 Å². The van der Waals surface area contributed by atoms with Crippen molar-refractivity contribution in [2.45, 2.75) is 31.2 Å². The summed E-state index contributed by atoms with van der Waals surface area (Å²) in [5.74, 6) is 0.910. The molecule has 1 aromatic rings. The lowest BCUT2D eigenvalue weighted by Gasteiger charge is -2.11. The highest BCUT2D eigenvalue weighted by Crippen LogP contribution is 2.19. The first-order valence-corrected chi connectivity index (χ1v) is 6.73. The number of thioether (sulfide) groups is 1. The van der Waals surface area contributed by atoms with Gasteiger partial charge in [0.15, 0.2) is 0 Å². The molecule has 0 aliphatic rings. The Balaban J connectivity index is 2.23. The number of ether oxygens (including phenoxy) is 1. The topological polar surface area (TPSA) is 35.2 Å². The molecule has 1 rings (SSSR count). The van der Waals surface area contributed by atoms with Crippen LogP contribution in [0.2, 0.25) is 0 Å². The summed E-state index contributed by atoms with van der Waals surface area (Å²) in [5.41, 5.74) is 7.25. The molecule has 3 heteroatoms. The molecule has 2 nitrogen and oxygen atoms in total. The molecule has 1 aromatic carbocycles. The average molecular weight is 239 g/mol. The fraction of sp³-hybridized carbons (Fsp3) is 0.538.